The molecule has 1 amide bonds. The van der Waals surface area contributed by atoms with E-state index in [4.69, 9.17) is 14.9 Å². The fourth-order valence-corrected chi connectivity index (χ4v) is 0.895. The zero-order chi connectivity index (χ0) is 14.2. The molecule has 0 radical (unpaired) electrons. The van der Waals surface area contributed by atoms with E-state index in [1.807, 2.05) is 5.32 Å². The van der Waals surface area contributed by atoms with Crippen LogP contribution in [0.4, 0.5) is 4.79 Å². The zero-order valence-corrected chi connectivity index (χ0v) is 9.96. The molecule has 0 aromatic carbocycles. The second-order valence-corrected chi connectivity index (χ2v) is 4.19. The number of ether oxygens (including phenoxy) is 1. The van der Waals surface area contributed by atoms with Crippen LogP contribution < -0.4 is 5.32 Å². The third kappa shape index (κ3) is 11.0. The number of carboxylic acids is 1. The first-order valence-electron chi connectivity index (χ1n) is 4.55. The SMILES string of the molecule is O=C(O)CCC(=O)CNC(=O)OCOP(=O)(O)O. The monoisotopic (exact) mass is 285 g/mol. The Morgan fingerprint density at radius 3 is 2.28 bits per heavy atom. The maximum Gasteiger partial charge on any atom is 0.472 e. The van der Waals surface area contributed by atoms with Gasteiger partial charge in [0.1, 0.15) is 0 Å². The highest BCUT2D eigenvalue weighted by Crippen LogP contribution is 2.35. The first-order chi connectivity index (χ1) is 8.20. The molecule has 0 aromatic heterocycles. The van der Waals surface area contributed by atoms with Crippen molar-refractivity contribution in [1.82, 2.24) is 5.32 Å². The quantitative estimate of drug-likeness (QED) is 0.331. The molecule has 0 rings (SSSR count). The van der Waals surface area contributed by atoms with Gasteiger partial charge in [0.05, 0.1) is 13.0 Å². The summed E-state index contributed by atoms with van der Waals surface area (Å²) < 4.78 is 18.1. The molecule has 0 aromatic rings. The van der Waals surface area contributed by atoms with Gasteiger partial charge in [-0.25, -0.2) is 13.9 Å². The summed E-state index contributed by atoms with van der Waals surface area (Å²) in [7, 11) is -4.72. The molecule has 0 spiro atoms. The Morgan fingerprint density at radius 2 is 1.78 bits per heavy atom. The molecule has 0 saturated carbocycles. The van der Waals surface area contributed by atoms with E-state index in [-0.39, 0.29) is 12.8 Å². The summed E-state index contributed by atoms with van der Waals surface area (Å²) in [4.78, 5) is 48.4. The number of phosphoric ester groups is 1. The molecule has 0 aliphatic carbocycles. The van der Waals surface area contributed by atoms with E-state index in [1.165, 1.54) is 0 Å². The van der Waals surface area contributed by atoms with Gasteiger partial charge < -0.3 is 24.9 Å². The van der Waals surface area contributed by atoms with Gasteiger partial charge >= 0.3 is 19.9 Å². The summed E-state index contributed by atoms with van der Waals surface area (Å²) in [5.41, 5.74) is 0. The van der Waals surface area contributed by atoms with Crippen molar-refractivity contribution in [1.29, 1.82) is 0 Å². The van der Waals surface area contributed by atoms with Crippen LogP contribution >= 0.6 is 7.82 Å². The van der Waals surface area contributed by atoms with E-state index in [2.05, 4.69) is 9.26 Å². The maximum atomic E-state index is 11.0. The van der Waals surface area contributed by atoms with Gasteiger partial charge in [0.2, 0.25) is 6.79 Å². The van der Waals surface area contributed by atoms with Crippen molar-refractivity contribution in [2.75, 3.05) is 13.3 Å². The van der Waals surface area contributed by atoms with Crippen LogP contribution in [-0.2, 0) is 23.4 Å². The normalized spacial score (nSPS) is 10.8. The van der Waals surface area contributed by atoms with Crippen LogP contribution in [0.3, 0.4) is 0 Å². The van der Waals surface area contributed by atoms with Crippen molar-refractivity contribution in [3.63, 3.8) is 0 Å². The minimum atomic E-state index is -4.72. The van der Waals surface area contributed by atoms with Crippen molar-refractivity contribution in [2.24, 2.45) is 0 Å². The molecule has 0 fully saturated rings. The van der Waals surface area contributed by atoms with E-state index in [0.29, 0.717) is 0 Å². The van der Waals surface area contributed by atoms with Gasteiger partial charge in [0, 0.05) is 6.42 Å². The topological polar surface area (TPSA) is 159 Å². The number of carbonyl (C=O) groups is 3. The number of rotatable bonds is 8. The summed E-state index contributed by atoms with van der Waals surface area (Å²) >= 11 is 0. The van der Waals surface area contributed by atoms with Gasteiger partial charge in [-0.15, -0.1) is 0 Å². The molecule has 18 heavy (non-hydrogen) atoms. The highest BCUT2D eigenvalue weighted by Gasteiger charge is 2.15. The minimum Gasteiger partial charge on any atom is -0.481 e. The van der Waals surface area contributed by atoms with Crippen molar-refractivity contribution >= 4 is 25.7 Å². The predicted octanol–water partition coefficient (Wildman–Crippen LogP) is -0.787. The van der Waals surface area contributed by atoms with Crippen molar-refractivity contribution in [3.8, 4) is 0 Å². The Kier molecular flexibility index (Phi) is 7.13. The van der Waals surface area contributed by atoms with Gasteiger partial charge in [0.15, 0.2) is 5.78 Å². The lowest BCUT2D eigenvalue weighted by molar-refractivity contribution is -0.138. The smallest absolute Gasteiger partial charge is 0.472 e. The molecule has 0 atom stereocenters. The third-order valence-corrected chi connectivity index (χ3v) is 1.90. The molecule has 4 N–H and O–H groups in total. The third-order valence-electron chi connectivity index (χ3n) is 1.46. The highest BCUT2D eigenvalue weighted by atomic mass is 31.2. The Morgan fingerprint density at radius 1 is 1.17 bits per heavy atom. The minimum absolute atomic E-state index is 0.241. The summed E-state index contributed by atoms with van der Waals surface area (Å²) in [5, 5.41) is 10.2. The Labute approximate surface area is 101 Å². The van der Waals surface area contributed by atoms with Gasteiger partial charge in [-0.3, -0.25) is 9.59 Å². The Hall–Kier alpha value is -1.48. The first kappa shape index (κ1) is 16.5. The number of hydrogen-bond donors (Lipinski definition) is 4. The lowest BCUT2D eigenvalue weighted by atomic mass is 10.2. The number of Topliss-reactive ketones (excluding diaryl/α,β-unsaturated/α-hetero) is 1. The number of hydrogen-bond acceptors (Lipinski definition) is 6. The Balaban J connectivity index is 3.67. The van der Waals surface area contributed by atoms with E-state index >= 15 is 0 Å². The lowest BCUT2D eigenvalue weighted by Crippen LogP contribution is -2.30. The summed E-state index contributed by atoms with van der Waals surface area (Å²) in [6.45, 7) is -1.42. The first-order valence-corrected chi connectivity index (χ1v) is 6.08. The van der Waals surface area contributed by atoms with Gasteiger partial charge in [-0.1, -0.05) is 0 Å². The van der Waals surface area contributed by atoms with Gasteiger partial charge in [-0.2, -0.15) is 0 Å². The molecule has 0 aliphatic rings. The van der Waals surface area contributed by atoms with Gasteiger partial charge in [-0.05, 0) is 0 Å². The fourth-order valence-electron chi connectivity index (χ4n) is 0.705. The zero-order valence-electron chi connectivity index (χ0n) is 9.07. The van der Waals surface area contributed by atoms with E-state index < -0.39 is 39.0 Å². The summed E-state index contributed by atoms with van der Waals surface area (Å²) in [5.74, 6) is -1.66. The van der Waals surface area contributed by atoms with E-state index in [1.54, 1.807) is 0 Å². The average molecular weight is 285 g/mol. The number of carbonyl (C=O) groups excluding carboxylic acids is 2. The van der Waals surface area contributed by atoms with Crippen LogP contribution in [0.1, 0.15) is 12.8 Å². The lowest BCUT2D eigenvalue weighted by Gasteiger charge is -2.07. The van der Waals surface area contributed by atoms with Crippen LogP contribution in [0, 0.1) is 0 Å². The number of amides is 1. The van der Waals surface area contributed by atoms with Crippen molar-refractivity contribution in [3.05, 3.63) is 0 Å². The summed E-state index contributed by atoms with van der Waals surface area (Å²) in [6.07, 6.45) is -1.71. The molecule has 0 aliphatic heterocycles. The number of phosphoric acid groups is 1. The van der Waals surface area contributed by atoms with Crippen molar-refractivity contribution in [2.45, 2.75) is 12.8 Å². The molecule has 0 unspecified atom stereocenters. The predicted molar refractivity (Wildman–Crippen MR) is 54.4 cm³/mol. The number of nitrogens with one attached hydrogen (secondary N) is 1. The molecule has 10 nitrogen and oxygen atoms in total. The molecule has 0 heterocycles. The largest absolute Gasteiger partial charge is 0.481 e. The maximum absolute atomic E-state index is 11.0. The van der Waals surface area contributed by atoms with Crippen LogP contribution in [-0.4, -0.2) is 46.1 Å². The number of alkyl carbamates (subject to hydrolysis) is 1. The number of carboxylic acid groups (broad SMARTS) is 1. The molecular weight excluding hydrogens is 273 g/mol. The van der Waals surface area contributed by atoms with Gasteiger partial charge in [0.25, 0.3) is 0 Å². The van der Waals surface area contributed by atoms with E-state index in [0.717, 1.165) is 0 Å². The fraction of sp³-hybridized carbons (Fsp3) is 0.571. The highest BCUT2D eigenvalue weighted by molar-refractivity contribution is 7.46. The van der Waals surface area contributed by atoms with Crippen LogP contribution in [0.25, 0.3) is 0 Å². The Bertz CT molecular complexity index is 362. The standard InChI is InChI=1S/C7H12NO9P/c9-5(1-2-6(10)11)3-8-7(12)16-4-17-18(13,14)15/h1-4H2,(H,8,12)(H,10,11)(H2,13,14,15). The molecular formula is C7H12NO9P. The molecule has 0 saturated heterocycles. The van der Waals surface area contributed by atoms with E-state index in [9.17, 15) is 18.9 Å². The number of ketones is 1. The summed E-state index contributed by atoms with van der Waals surface area (Å²) in [6, 6.07) is 0. The molecule has 11 heteroatoms. The molecule has 0 bridgehead atoms. The second kappa shape index (κ2) is 7.77. The van der Waals surface area contributed by atoms with Crippen LogP contribution in [0.5, 0.6) is 0 Å². The molecule has 104 valence electrons. The van der Waals surface area contributed by atoms with Crippen LogP contribution in [0.2, 0.25) is 0 Å². The number of aliphatic carboxylic acids is 1. The second-order valence-electron chi connectivity index (χ2n) is 2.96. The average Bonchev–Trinajstić information content (AvgIpc) is 2.21. The van der Waals surface area contributed by atoms with Crippen LogP contribution in [0.15, 0.2) is 0 Å². The van der Waals surface area contributed by atoms with Crippen molar-refractivity contribution < 1.29 is 43.1 Å².